The third-order valence-corrected chi connectivity index (χ3v) is 4.23. The van der Waals surface area contributed by atoms with Crippen molar-refractivity contribution in [1.29, 1.82) is 0 Å². The van der Waals surface area contributed by atoms with Crippen LogP contribution in [0, 0.1) is 0 Å². The average Bonchev–Trinajstić information content (AvgIpc) is 2.56. The number of amides is 1. The fourth-order valence-electron chi connectivity index (χ4n) is 2.09. The van der Waals surface area contributed by atoms with Crippen LogP contribution in [0.2, 0.25) is 10.0 Å². The first-order valence-electron chi connectivity index (χ1n) is 7.45. The number of halogens is 2. The first kappa shape index (κ1) is 17.6. The van der Waals surface area contributed by atoms with Gasteiger partial charge >= 0.3 is 0 Å². The molecular weight excluding hydrogens is 333 g/mol. The van der Waals surface area contributed by atoms with Crippen LogP contribution in [-0.2, 0) is 0 Å². The molecule has 122 valence electrons. The maximum Gasteiger partial charge on any atom is 0.253 e. The predicted octanol–water partition coefficient (Wildman–Crippen LogP) is 5.00. The van der Waals surface area contributed by atoms with E-state index in [1.807, 2.05) is 0 Å². The lowest BCUT2D eigenvalue weighted by Crippen LogP contribution is -2.27. The Morgan fingerprint density at radius 3 is 2.83 bits per heavy atom. The Kier molecular flexibility index (Phi) is 6.25. The zero-order valence-corrected chi connectivity index (χ0v) is 14.7. The van der Waals surface area contributed by atoms with E-state index in [1.165, 1.54) is 0 Å². The van der Waals surface area contributed by atoms with Gasteiger partial charge < -0.3 is 10.2 Å². The Balaban J connectivity index is 2.16. The Labute approximate surface area is 146 Å². The summed E-state index contributed by atoms with van der Waals surface area (Å²) in [7, 11) is 1.80. The first-order valence-corrected chi connectivity index (χ1v) is 8.21. The molecule has 1 aromatic carbocycles. The molecule has 1 N–H and O–H groups in total. The molecule has 0 fully saturated rings. The number of benzene rings is 1. The molecule has 0 spiro atoms. The highest BCUT2D eigenvalue weighted by molar-refractivity contribution is 6.43. The summed E-state index contributed by atoms with van der Waals surface area (Å²) in [6.45, 7) is 2.84. The zero-order valence-electron chi connectivity index (χ0n) is 13.1. The highest BCUT2D eigenvalue weighted by atomic mass is 35.5. The number of hydrogen-bond donors (Lipinski definition) is 1. The first-order chi connectivity index (χ1) is 11.0. The quantitative estimate of drug-likeness (QED) is 0.795. The van der Waals surface area contributed by atoms with Gasteiger partial charge in [0.25, 0.3) is 5.91 Å². The van der Waals surface area contributed by atoms with Crippen molar-refractivity contribution in [1.82, 2.24) is 9.88 Å². The molecule has 0 atom stereocenters. The summed E-state index contributed by atoms with van der Waals surface area (Å²) in [4.78, 5) is 18.3. The van der Waals surface area contributed by atoms with Crippen molar-refractivity contribution < 1.29 is 4.79 Å². The minimum atomic E-state index is -0.0268. The van der Waals surface area contributed by atoms with Crippen LogP contribution in [0.15, 0.2) is 36.5 Å². The van der Waals surface area contributed by atoms with E-state index in [1.54, 1.807) is 48.5 Å². The summed E-state index contributed by atoms with van der Waals surface area (Å²) in [6.07, 6.45) is 3.63. The molecule has 23 heavy (non-hydrogen) atoms. The van der Waals surface area contributed by atoms with Crippen molar-refractivity contribution in [2.75, 3.05) is 18.9 Å². The van der Waals surface area contributed by atoms with Gasteiger partial charge in [0.05, 0.1) is 15.7 Å². The van der Waals surface area contributed by atoms with Crippen LogP contribution in [-0.4, -0.2) is 29.4 Å². The summed E-state index contributed by atoms with van der Waals surface area (Å²) in [5.74, 6) is 0.519. The third-order valence-electron chi connectivity index (χ3n) is 3.41. The maximum atomic E-state index is 12.4. The number of nitrogens with zero attached hydrogens (tertiary/aromatic N) is 2. The Morgan fingerprint density at radius 1 is 1.30 bits per heavy atom. The average molecular weight is 352 g/mol. The molecule has 1 amide bonds. The van der Waals surface area contributed by atoms with Crippen molar-refractivity contribution in [2.24, 2.45) is 0 Å². The second-order valence-electron chi connectivity index (χ2n) is 5.24. The standard InChI is InChI=1S/C17H19Cl2N3O/c1-3-4-10-22(2)17(23)12-8-9-20-15(11-12)21-14-7-5-6-13(18)16(14)19/h5-9,11H,3-4,10H2,1-2H3,(H,20,21). The summed E-state index contributed by atoms with van der Waals surface area (Å²) in [5.41, 5.74) is 1.23. The van der Waals surface area contributed by atoms with Gasteiger partial charge in [-0.25, -0.2) is 4.98 Å². The number of rotatable bonds is 6. The van der Waals surface area contributed by atoms with E-state index >= 15 is 0 Å². The molecule has 2 rings (SSSR count). The fraction of sp³-hybridized carbons (Fsp3) is 0.294. The van der Waals surface area contributed by atoms with Gasteiger partial charge in [-0.3, -0.25) is 4.79 Å². The molecule has 0 aliphatic heterocycles. The van der Waals surface area contributed by atoms with E-state index in [-0.39, 0.29) is 5.91 Å². The molecule has 0 radical (unpaired) electrons. The van der Waals surface area contributed by atoms with E-state index in [4.69, 9.17) is 23.2 Å². The lowest BCUT2D eigenvalue weighted by molar-refractivity contribution is 0.0793. The van der Waals surface area contributed by atoms with Gasteiger partial charge in [0.2, 0.25) is 0 Å². The van der Waals surface area contributed by atoms with Gasteiger partial charge in [0.15, 0.2) is 0 Å². The van der Waals surface area contributed by atoms with E-state index in [9.17, 15) is 4.79 Å². The second-order valence-corrected chi connectivity index (χ2v) is 6.02. The number of unbranched alkanes of at least 4 members (excludes halogenated alkanes) is 1. The van der Waals surface area contributed by atoms with Crippen LogP contribution in [0.5, 0.6) is 0 Å². The number of aromatic nitrogens is 1. The minimum absolute atomic E-state index is 0.0268. The number of carbonyl (C=O) groups is 1. The SMILES string of the molecule is CCCCN(C)C(=O)c1ccnc(Nc2cccc(Cl)c2Cl)c1. The molecular formula is C17H19Cl2N3O. The molecule has 1 aromatic heterocycles. The van der Waals surface area contributed by atoms with Crippen molar-refractivity contribution in [2.45, 2.75) is 19.8 Å². The molecule has 4 nitrogen and oxygen atoms in total. The molecule has 1 heterocycles. The highest BCUT2D eigenvalue weighted by Gasteiger charge is 2.12. The van der Waals surface area contributed by atoms with E-state index in [0.29, 0.717) is 27.1 Å². The molecule has 0 saturated heterocycles. The number of anilines is 2. The molecule has 0 unspecified atom stereocenters. The number of nitrogens with one attached hydrogen (secondary N) is 1. The molecule has 2 aromatic rings. The lowest BCUT2D eigenvalue weighted by atomic mass is 10.2. The Morgan fingerprint density at radius 2 is 2.09 bits per heavy atom. The largest absolute Gasteiger partial charge is 0.342 e. The number of pyridine rings is 1. The van der Waals surface area contributed by atoms with Crippen molar-refractivity contribution in [3.63, 3.8) is 0 Å². The van der Waals surface area contributed by atoms with Crippen molar-refractivity contribution in [3.8, 4) is 0 Å². The summed E-state index contributed by atoms with van der Waals surface area (Å²) in [6, 6.07) is 8.73. The monoisotopic (exact) mass is 351 g/mol. The second kappa shape index (κ2) is 8.18. The van der Waals surface area contributed by atoms with Gasteiger partial charge in [0, 0.05) is 25.4 Å². The smallest absolute Gasteiger partial charge is 0.253 e. The Bertz CT molecular complexity index is 691. The Hall–Kier alpha value is -1.78. The van der Waals surface area contributed by atoms with Crippen LogP contribution < -0.4 is 5.32 Å². The van der Waals surface area contributed by atoms with E-state index in [0.717, 1.165) is 19.4 Å². The molecule has 0 saturated carbocycles. The van der Waals surface area contributed by atoms with Crippen LogP contribution in [0.1, 0.15) is 30.1 Å². The zero-order chi connectivity index (χ0) is 16.8. The van der Waals surface area contributed by atoms with Gasteiger partial charge in [-0.1, -0.05) is 42.6 Å². The number of carbonyl (C=O) groups excluding carboxylic acids is 1. The number of hydrogen-bond acceptors (Lipinski definition) is 3. The summed E-state index contributed by atoms with van der Waals surface area (Å²) >= 11 is 12.2. The van der Waals surface area contributed by atoms with Gasteiger partial charge in [-0.15, -0.1) is 0 Å². The molecule has 0 aliphatic rings. The third kappa shape index (κ3) is 4.60. The molecule has 0 aliphatic carbocycles. The van der Waals surface area contributed by atoms with Crippen LogP contribution in [0.25, 0.3) is 0 Å². The summed E-state index contributed by atoms with van der Waals surface area (Å²) in [5, 5.41) is 3.98. The summed E-state index contributed by atoms with van der Waals surface area (Å²) < 4.78 is 0. The molecule has 6 heteroatoms. The minimum Gasteiger partial charge on any atom is -0.342 e. The topological polar surface area (TPSA) is 45.2 Å². The normalized spacial score (nSPS) is 10.4. The van der Waals surface area contributed by atoms with Gasteiger partial charge in [-0.2, -0.15) is 0 Å². The van der Waals surface area contributed by atoms with Crippen LogP contribution >= 0.6 is 23.2 Å². The lowest BCUT2D eigenvalue weighted by Gasteiger charge is -2.17. The van der Waals surface area contributed by atoms with Crippen molar-refractivity contribution in [3.05, 3.63) is 52.1 Å². The van der Waals surface area contributed by atoms with Crippen LogP contribution in [0.3, 0.4) is 0 Å². The van der Waals surface area contributed by atoms with Crippen LogP contribution in [0.4, 0.5) is 11.5 Å². The van der Waals surface area contributed by atoms with Crippen molar-refractivity contribution >= 4 is 40.6 Å². The van der Waals surface area contributed by atoms with Gasteiger partial charge in [0.1, 0.15) is 5.82 Å². The molecule has 0 bridgehead atoms. The van der Waals surface area contributed by atoms with E-state index in [2.05, 4.69) is 17.2 Å². The fourth-order valence-corrected chi connectivity index (χ4v) is 2.44. The predicted molar refractivity (Wildman–Crippen MR) is 95.9 cm³/mol. The van der Waals surface area contributed by atoms with Gasteiger partial charge in [-0.05, 0) is 30.7 Å². The maximum absolute atomic E-state index is 12.4. The van der Waals surface area contributed by atoms with E-state index < -0.39 is 0 Å². The highest BCUT2D eigenvalue weighted by Crippen LogP contribution is 2.31.